The highest BCUT2D eigenvalue weighted by Gasteiger charge is 2.71. The number of aryl methyl sites for hydroxylation is 1. The highest BCUT2D eigenvalue weighted by atomic mass is 32.1. The van der Waals surface area contributed by atoms with E-state index in [2.05, 4.69) is 10.3 Å². The van der Waals surface area contributed by atoms with E-state index >= 15 is 0 Å². The molecule has 1 atom stereocenters. The Bertz CT molecular complexity index is 1210. The first-order chi connectivity index (χ1) is 17.3. The lowest BCUT2D eigenvalue weighted by molar-refractivity contribution is -0.376. The first-order valence-corrected chi connectivity index (χ1v) is 12.4. The molecule has 0 radical (unpaired) electrons. The normalized spacial score (nSPS) is 17.2. The molecule has 1 aliphatic rings. The second kappa shape index (κ2) is 10.1. The number of hydrogen-bond donors (Lipinski definition) is 3. The highest BCUT2D eigenvalue weighted by Crippen LogP contribution is 2.50. The van der Waals surface area contributed by atoms with Crippen LogP contribution in [0.15, 0.2) is 18.2 Å². The molecular weight excluding hydrogens is 540 g/mol. The molecule has 0 bridgehead atoms. The maximum absolute atomic E-state index is 13.4. The van der Waals surface area contributed by atoms with E-state index in [9.17, 15) is 46.1 Å². The molecule has 0 aliphatic carbocycles. The van der Waals surface area contributed by atoms with Gasteiger partial charge in [0.2, 0.25) is 0 Å². The Kier molecular flexibility index (Phi) is 7.94. The predicted molar refractivity (Wildman–Crippen MR) is 127 cm³/mol. The van der Waals surface area contributed by atoms with Gasteiger partial charge in [-0.2, -0.15) is 26.3 Å². The van der Waals surface area contributed by atoms with Crippen LogP contribution in [0.1, 0.15) is 65.0 Å². The number of likely N-dealkylation sites (tertiary alicyclic amines) is 1. The van der Waals surface area contributed by atoms with Gasteiger partial charge < -0.3 is 20.4 Å². The lowest BCUT2D eigenvalue weighted by Gasteiger charge is -2.33. The summed E-state index contributed by atoms with van der Waals surface area (Å²) in [7, 11) is 0. The molecule has 7 nitrogen and oxygen atoms in total. The van der Waals surface area contributed by atoms with Crippen LogP contribution in [-0.2, 0) is 5.60 Å². The molecule has 0 saturated carbocycles. The molecule has 2 aromatic rings. The zero-order chi connectivity index (χ0) is 28.8. The third-order valence-electron chi connectivity index (χ3n) is 6.23. The first kappa shape index (κ1) is 29.8. The Morgan fingerprint density at radius 1 is 1.13 bits per heavy atom. The average Bonchev–Trinajstić information content (AvgIpc) is 3.41. The van der Waals surface area contributed by atoms with E-state index in [1.54, 1.807) is 0 Å². The number of nitrogens with one attached hydrogen (secondary N) is 1. The molecular formula is C24H27F6N3O4S. The Balaban J connectivity index is 2.12. The Labute approximate surface area is 218 Å². The molecule has 3 rings (SSSR count). The number of aliphatic hydroxyl groups is 2. The maximum atomic E-state index is 13.4. The van der Waals surface area contributed by atoms with Crippen molar-refractivity contribution in [1.82, 2.24) is 15.2 Å². The van der Waals surface area contributed by atoms with Gasteiger partial charge in [0, 0.05) is 24.7 Å². The maximum Gasteiger partial charge on any atom is 0.430 e. The zero-order valence-corrected chi connectivity index (χ0v) is 21.7. The molecule has 1 aliphatic heterocycles. The molecule has 3 N–H and O–H groups in total. The van der Waals surface area contributed by atoms with E-state index in [0.717, 1.165) is 30.2 Å². The van der Waals surface area contributed by atoms with Crippen LogP contribution in [0.25, 0.3) is 10.4 Å². The molecule has 210 valence electrons. The average molecular weight is 568 g/mol. The number of hydrogen-bond acceptors (Lipinski definition) is 6. The second-order valence-electron chi connectivity index (χ2n) is 9.92. The summed E-state index contributed by atoms with van der Waals surface area (Å²) in [5.41, 5.74) is -8.00. The summed E-state index contributed by atoms with van der Waals surface area (Å²) in [5.74, 6) is -1.25. The van der Waals surface area contributed by atoms with Gasteiger partial charge in [0.05, 0.1) is 10.5 Å². The van der Waals surface area contributed by atoms with Crippen molar-refractivity contribution in [3.05, 3.63) is 40.0 Å². The lowest BCUT2D eigenvalue weighted by atomic mass is 9.89. The second-order valence-corrected chi connectivity index (χ2v) is 10.9. The van der Waals surface area contributed by atoms with Crippen LogP contribution in [0, 0.1) is 6.92 Å². The third kappa shape index (κ3) is 5.66. The fraction of sp³-hybridized carbons (Fsp3) is 0.542. The van der Waals surface area contributed by atoms with Crippen molar-refractivity contribution in [3.8, 4) is 10.4 Å². The molecule has 0 unspecified atom stereocenters. The van der Waals surface area contributed by atoms with Crippen LogP contribution in [-0.4, -0.2) is 69.0 Å². The molecule has 0 spiro atoms. The summed E-state index contributed by atoms with van der Waals surface area (Å²) in [6.07, 6.45) is -10.7. The number of carbonyl (C=O) groups excluding carboxylic acids is 2. The summed E-state index contributed by atoms with van der Waals surface area (Å²) in [4.78, 5) is 31.9. The summed E-state index contributed by atoms with van der Waals surface area (Å²) < 4.78 is 80.3. The van der Waals surface area contributed by atoms with Crippen LogP contribution >= 0.6 is 11.3 Å². The number of aromatic nitrogens is 1. The van der Waals surface area contributed by atoms with Crippen molar-refractivity contribution < 1.29 is 46.1 Å². The number of benzene rings is 1. The lowest BCUT2D eigenvalue weighted by Crippen LogP contribution is -2.53. The number of nitrogens with zero attached hydrogens (tertiary/aromatic N) is 2. The van der Waals surface area contributed by atoms with Crippen molar-refractivity contribution in [3.63, 3.8) is 0 Å². The molecule has 1 aromatic carbocycles. The summed E-state index contributed by atoms with van der Waals surface area (Å²) >= 11 is 0.739. The Morgan fingerprint density at radius 3 is 2.21 bits per heavy atom. The van der Waals surface area contributed by atoms with Gasteiger partial charge in [-0.15, -0.1) is 11.3 Å². The van der Waals surface area contributed by atoms with Crippen LogP contribution in [0.3, 0.4) is 0 Å². The van der Waals surface area contributed by atoms with Gasteiger partial charge in [0.25, 0.3) is 17.4 Å². The smallest absolute Gasteiger partial charge is 0.389 e. The van der Waals surface area contributed by atoms with Crippen LogP contribution in [0.2, 0.25) is 0 Å². The fourth-order valence-corrected chi connectivity index (χ4v) is 5.18. The zero-order valence-electron chi connectivity index (χ0n) is 20.9. The van der Waals surface area contributed by atoms with Gasteiger partial charge in [-0.3, -0.25) is 9.59 Å². The number of halogens is 6. The van der Waals surface area contributed by atoms with E-state index in [0.29, 0.717) is 18.7 Å². The van der Waals surface area contributed by atoms with Gasteiger partial charge >= 0.3 is 12.4 Å². The van der Waals surface area contributed by atoms with Gasteiger partial charge in [-0.25, -0.2) is 4.98 Å². The van der Waals surface area contributed by atoms with Gasteiger partial charge in [0.15, 0.2) is 5.01 Å². The molecule has 14 heteroatoms. The van der Waals surface area contributed by atoms with Gasteiger partial charge in [-0.05, 0) is 51.7 Å². The minimum Gasteiger partial charge on any atom is -0.389 e. The minimum atomic E-state index is -6.05. The van der Waals surface area contributed by atoms with E-state index in [1.807, 2.05) is 6.92 Å². The summed E-state index contributed by atoms with van der Waals surface area (Å²) in [6, 6.07) is 1.84. The summed E-state index contributed by atoms with van der Waals surface area (Å²) in [6.45, 7) is 6.24. The highest BCUT2D eigenvalue weighted by molar-refractivity contribution is 7.17. The predicted octanol–water partition coefficient (Wildman–Crippen LogP) is 4.56. The first-order valence-electron chi connectivity index (χ1n) is 11.6. The molecule has 2 amide bonds. The van der Waals surface area contributed by atoms with Crippen molar-refractivity contribution in [2.75, 3.05) is 13.1 Å². The van der Waals surface area contributed by atoms with Crippen molar-refractivity contribution in [2.24, 2.45) is 0 Å². The monoisotopic (exact) mass is 567 g/mol. The van der Waals surface area contributed by atoms with Gasteiger partial charge in [0.1, 0.15) is 5.69 Å². The third-order valence-corrected chi connectivity index (χ3v) is 7.32. The van der Waals surface area contributed by atoms with E-state index in [1.165, 1.54) is 25.7 Å². The molecule has 1 aromatic heterocycles. The van der Waals surface area contributed by atoms with E-state index < -0.39 is 40.9 Å². The fourth-order valence-electron chi connectivity index (χ4n) is 4.12. The largest absolute Gasteiger partial charge is 0.430 e. The molecule has 1 saturated heterocycles. The molecule has 1 fully saturated rings. The van der Waals surface area contributed by atoms with Crippen LogP contribution in [0.5, 0.6) is 0 Å². The number of alkyl halides is 6. The van der Waals surface area contributed by atoms with E-state index in [4.69, 9.17) is 0 Å². The minimum absolute atomic E-state index is 0.0779. The van der Waals surface area contributed by atoms with Crippen molar-refractivity contribution in [1.29, 1.82) is 0 Å². The molecule has 2 heterocycles. The van der Waals surface area contributed by atoms with Crippen molar-refractivity contribution >= 4 is 23.2 Å². The van der Waals surface area contributed by atoms with E-state index in [-0.39, 0.29) is 39.3 Å². The topological polar surface area (TPSA) is 103 Å². The standard InChI is InChI=1S/C24H27F6N3O4S/c1-12-10-14(22(37,23(25,26)27)24(28,29)30)7-8-15(12)17-16(20(35)33-9-5-6-13(33)2)32-19(38-17)18(34)31-11-21(3,4)36/h7-8,10,13,36-37H,5-6,9,11H2,1-4H3,(H,31,34)/t13-/m1/s1. The van der Waals surface area contributed by atoms with Crippen molar-refractivity contribution in [2.45, 2.75) is 70.1 Å². The van der Waals surface area contributed by atoms with Crippen LogP contribution < -0.4 is 5.32 Å². The Hall–Kier alpha value is -2.71. The summed E-state index contributed by atoms with van der Waals surface area (Å²) in [5, 5.41) is 21.9. The SMILES string of the molecule is Cc1cc(C(O)(C(F)(F)F)C(F)(F)F)ccc1-c1sc(C(=O)NCC(C)(C)O)nc1C(=O)N1CCC[C@H]1C. The number of carbonyl (C=O) groups is 2. The number of thiazole rings is 1. The Morgan fingerprint density at radius 2 is 1.74 bits per heavy atom. The number of rotatable bonds is 6. The van der Waals surface area contributed by atoms with Gasteiger partial charge in [-0.1, -0.05) is 18.2 Å². The quantitative estimate of drug-likeness (QED) is 0.445. The molecule has 38 heavy (non-hydrogen) atoms. The van der Waals surface area contributed by atoms with Crippen LogP contribution in [0.4, 0.5) is 26.3 Å². The number of amides is 2.